The molecule has 230 valence electrons. The molecule has 45 heavy (non-hydrogen) atoms. The van der Waals surface area contributed by atoms with Crippen molar-refractivity contribution in [1.82, 2.24) is 4.98 Å². The van der Waals surface area contributed by atoms with Crippen LogP contribution >= 0.6 is 0 Å². The second kappa shape index (κ2) is 12.9. The van der Waals surface area contributed by atoms with Crippen LogP contribution in [-0.2, 0) is 10.8 Å². The van der Waals surface area contributed by atoms with Crippen molar-refractivity contribution >= 4 is 17.1 Å². The van der Waals surface area contributed by atoms with Crippen LogP contribution in [0, 0.1) is 0 Å². The average molecular weight is 594 g/mol. The van der Waals surface area contributed by atoms with E-state index in [0.717, 1.165) is 69.3 Å². The lowest BCUT2D eigenvalue weighted by Crippen LogP contribution is -2.10. The van der Waals surface area contributed by atoms with Crippen LogP contribution < -0.4 is 0 Å². The van der Waals surface area contributed by atoms with E-state index < -0.39 is 0 Å². The first kappa shape index (κ1) is 32.0. The molecule has 3 nitrogen and oxygen atoms in total. The van der Waals surface area contributed by atoms with Gasteiger partial charge in [-0.25, -0.2) is 4.98 Å². The van der Waals surface area contributed by atoms with Gasteiger partial charge in [0, 0.05) is 16.8 Å². The fourth-order valence-electron chi connectivity index (χ4n) is 5.59. The van der Waals surface area contributed by atoms with Crippen LogP contribution in [0.25, 0.3) is 22.3 Å². The lowest BCUT2D eigenvalue weighted by molar-refractivity contribution is 0.590. The molecular formula is C42H47N3. The van der Waals surface area contributed by atoms with Crippen molar-refractivity contribution < 1.29 is 0 Å². The minimum Gasteiger partial charge on any atom is -0.256 e. The quantitative estimate of drug-likeness (QED) is 0.205. The second-order valence-electron chi connectivity index (χ2n) is 14.3. The maximum atomic E-state index is 5.34. The predicted molar refractivity (Wildman–Crippen MR) is 194 cm³/mol. The number of rotatable bonds is 6. The molecule has 0 fully saturated rings. The zero-order valence-corrected chi connectivity index (χ0v) is 28.5. The van der Waals surface area contributed by atoms with Gasteiger partial charge < -0.3 is 0 Å². The maximum Gasteiger partial charge on any atom is 0.0849 e. The fourth-order valence-corrected chi connectivity index (χ4v) is 5.59. The molecule has 3 aromatic carbocycles. The van der Waals surface area contributed by atoms with Crippen LogP contribution in [0.5, 0.6) is 0 Å². The normalized spacial score (nSPS) is 14.7. The van der Waals surface area contributed by atoms with Gasteiger partial charge in [0.2, 0.25) is 0 Å². The van der Waals surface area contributed by atoms with Crippen LogP contribution in [0.3, 0.4) is 0 Å². The Morgan fingerprint density at radius 1 is 0.578 bits per heavy atom. The number of para-hydroxylation sites is 1. The Balaban J connectivity index is 1.60. The first-order valence-corrected chi connectivity index (χ1v) is 16.1. The van der Waals surface area contributed by atoms with Gasteiger partial charge in [-0.3, -0.25) is 9.98 Å². The highest BCUT2D eigenvalue weighted by molar-refractivity contribution is 6.03. The summed E-state index contributed by atoms with van der Waals surface area (Å²) in [5.41, 5.74) is 14.3. The molecule has 1 aliphatic carbocycles. The van der Waals surface area contributed by atoms with Crippen molar-refractivity contribution in [1.29, 1.82) is 0 Å². The van der Waals surface area contributed by atoms with E-state index in [1.807, 2.05) is 19.1 Å². The maximum absolute atomic E-state index is 5.34. The molecule has 0 unspecified atom stereocenters. The summed E-state index contributed by atoms with van der Waals surface area (Å²) in [5.74, 6) is 0. The molecule has 0 saturated heterocycles. The van der Waals surface area contributed by atoms with Crippen molar-refractivity contribution in [2.45, 2.75) is 86.0 Å². The Hall–Kier alpha value is -4.37. The van der Waals surface area contributed by atoms with E-state index in [2.05, 4.69) is 140 Å². The summed E-state index contributed by atoms with van der Waals surface area (Å²) in [6, 6.07) is 30.5. The van der Waals surface area contributed by atoms with E-state index in [1.165, 1.54) is 16.7 Å². The van der Waals surface area contributed by atoms with E-state index >= 15 is 0 Å². The van der Waals surface area contributed by atoms with Gasteiger partial charge in [-0.2, -0.15) is 0 Å². The Morgan fingerprint density at radius 3 is 1.49 bits per heavy atom. The Labute approximate surface area is 270 Å². The number of benzene rings is 3. The predicted octanol–water partition coefficient (Wildman–Crippen LogP) is 11.6. The van der Waals surface area contributed by atoms with Gasteiger partial charge in [0.05, 0.1) is 28.5 Å². The number of hydrogen-bond donors (Lipinski definition) is 0. The van der Waals surface area contributed by atoms with Crippen molar-refractivity contribution in [3.63, 3.8) is 0 Å². The topological polar surface area (TPSA) is 37.6 Å². The molecule has 0 aliphatic heterocycles. The van der Waals surface area contributed by atoms with Crippen molar-refractivity contribution in [3.05, 3.63) is 131 Å². The highest BCUT2D eigenvalue weighted by atomic mass is 14.8. The molecule has 4 aromatic rings. The third-order valence-corrected chi connectivity index (χ3v) is 8.58. The molecule has 1 aliphatic rings. The van der Waals surface area contributed by atoms with Crippen LogP contribution in [0.15, 0.2) is 118 Å². The number of allylic oxidation sites excluding steroid dienone is 4. The van der Waals surface area contributed by atoms with Crippen LogP contribution in [0.2, 0.25) is 0 Å². The molecule has 0 saturated carbocycles. The summed E-state index contributed by atoms with van der Waals surface area (Å²) in [5, 5.41) is 0. The molecule has 0 bridgehead atoms. The largest absolute Gasteiger partial charge is 0.256 e. The molecule has 0 amide bonds. The van der Waals surface area contributed by atoms with E-state index in [1.54, 1.807) is 0 Å². The van der Waals surface area contributed by atoms with E-state index in [0.29, 0.717) is 0 Å². The van der Waals surface area contributed by atoms with Gasteiger partial charge in [-0.05, 0) is 84.9 Å². The number of aliphatic imine (C=N–C) groups is 2. The second-order valence-corrected chi connectivity index (χ2v) is 14.3. The first-order valence-electron chi connectivity index (χ1n) is 16.1. The third-order valence-electron chi connectivity index (χ3n) is 8.58. The SMILES string of the molecule is CC1=CC=C(N=C(C)c2cccc(C(C)=Nc3c(-c4ccc(C(C)(C)C)cc4)cccc3-c3ccc(C(C)(C)C)cc3)n2)CC1. The van der Waals surface area contributed by atoms with Gasteiger partial charge in [-0.15, -0.1) is 0 Å². The van der Waals surface area contributed by atoms with Gasteiger partial charge >= 0.3 is 0 Å². The van der Waals surface area contributed by atoms with Crippen molar-refractivity contribution in [2.75, 3.05) is 0 Å². The van der Waals surface area contributed by atoms with Gasteiger partial charge in [0.15, 0.2) is 0 Å². The Kier molecular flexibility index (Phi) is 9.20. The molecule has 0 spiro atoms. The summed E-state index contributed by atoms with van der Waals surface area (Å²) in [6.45, 7) is 19.8. The fraction of sp³-hybridized carbons (Fsp3) is 0.310. The van der Waals surface area contributed by atoms with Crippen molar-refractivity contribution in [3.8, 4) is 22.3 Å². The number of hydrogen-bond acceptors (Lipinski definition) is 3. The van der Waals surface area contributed by atoms with E-state index in [9.17, 15) is 0 Å². The number of nitrogens with zero attached hydrogens (tertiary/aromatic N) is 3. The standard InChI is InChI=1S/C42H47N3/c1-28-16-26-35(27-17-28)43-29(2)38-14-11-15-39(45-38)30(3)44-40-36(31-18-22-33(23-19-31)41(4,5)6)12-10-13-37(40)32-20-24-34(25-21-32)42(7,8)9/h10-16,18-26H,17,27H2,1-9H3. The molecule has 3 heteroatoms. The first-order chi connectivity index (χ1) is 21.3. The summed E-state index contributed by atoms with van der Waals surface area (Å²) in [4.78, 5) is 15.3. The van der Waals surface area contributed by atoms with Crippen LogP contribution in [-0.4, -0.2) is 16.4 Å². The molecule has 1 heterocycles. The molecule has 5 rings (SSSR count). The number of aromatic nitrogens is 1. The summed E-state index contributed by atoms with van der Waals surface area (Å²) in [7, 11) is 0. The van der Waals surface area contributed by atoms with E-state index in [-0.39, 0.29) is 10.8 Å². The monoisotopic (exact) mass is 593 g/mol. The van der Waals surface area contributed by atoms with Crippen molar-refractivity contribution in [2.24, 2.45) is 9.98 Å². The summed E-state index contributed by atoms with van der Waals surface area (Å²) < 4.78 is 0. The zero-order chi connectivity index (χ0) is 32.4. The molecular weight excluding hydrogens is 546 g/mol. The van der Waals surface area contributed by atoms with Gasteiger partial charge in [0.25, 0.3) is 0 Å². The van der Waals surface area contributed by atoms with Crippen LogP contribution in [0.4, 0.5) is 5.69 Å². The Morgan fingerprint density at radius 2 is 1.04 bits per heavy atom. The summed E-state index contributed by atoms with van der Waals surface area (Å²) >= 11 is 0. The van der Waals surface area contributed by atoms with Gasteiger partial charge in [-0.1, -0.05) is 126 Å². The lowest BCUT2D eigenvalue weighted by atomic mass is 9.85. The minimum atomic E-state index is 0.0913. The average Bonchev–Trinajstić information content (AvgIpc) is 3.01. The van der Waals surface area contributed by atoms with E-state index in [4.69, 9.17) is 15.0 Å². The highest BCUT2D eigenvalue weighted by Crippen LogP contribution is 2.41. The Bertz CT molecular complexity index is 1720. The number of pyridine rings is 1. The lowest BCUT2D eigenvalue weighted by Gasteiger charge is -2.20. The minimum absolute atomic E-state index is 0.0913. The zero-order valence-electron chi connectivity index (χ0n) is 28.5. The molecule has 1 aromatic heterocycles. The highest BCUT2D eigenvalue weighted by Gasteiger charge is 2.18. The van der Waals surface area contributed by atoms with Gasteiger partial charge in [0.1, 0.15) is 0 Å². The smallest absolute Gasteiger partial charge is 0.0849 e. The molecule has 0 atom stereocenters. The van der Waals surface area contributed by atoms with Crippen LogP contribution in [0.1, 0.15) is 97.7 Å². The summed E-state index contributed by atoms with van der Waals surface area (Å²) in [6.07, 6.45) is 6.31. The molecule has 0 N–H and O–H groups in total. The molecule has 0 radical (unpaired) electrons. The third kappa shape index (κ3) is 7.65.